The maximum Gasteiger partial charge on any atom is 0.337 e. The van der Waals surface area contributed by atoms with Crippen molar-refractivity contribution in [2.75, 3.05) is 13.7 Å². The molecule has 6 nitrogen and oxygen atoms in total. The van der Waals surface area contributed by atoms with Gasteiger partial charge in [-0.05, 0) is 24.6 Å². The summed E-state index contributed by atoms with van der Waals surface area (Å²) in [6, 6.07) is 6.73. The van der Waals surface area contributed by atoms with Gasteiger partial charge in [-0.3, -0.25) is 9.59 Å². The van der Waals surface area contributed by atoms with Gasteiger partial charge in [-0.2, -0.15) is 0 Å². The zero-order chi connectivity index (χ0) is 15.7. The summed E-state index contributed by atoms with van der Waals surface area (Å²) in [6.45, 7) is 2.37. The van der Waals surface area contributed by atoms with E-state index in [9.17, 15) is 14.4 Å². The monoisotopic (exact) mass is 293 g/mol. The van der Waals surface area contributed by atoms with E-state index in [0.717, 1.165) is 5.56 Å². The van der Waals surface area contributed by atoms with Crippen molar-refractivity contribution in [2.45, 2.75) is 26.3 Å². The largest absolute Gasteiger partial charge is 0.466 e. The van der Waals surface area contributed by atoms with Crippen LogP contribution < -0.4 is 5.32 Å². The lowest BCUT2D eigenvalue weighted by atomic mass is 10.1. The van der Waals surface area contributed by atoms with E-state index in [1.807, 2.05) is 0 Å². The van der Waals surface area contributed by atoms with Crippen LogP contribution >= 0.6 is 0 Å². The molecule has 0 saturated carbocycles. The molecule has 1 aromatic rings. The average molecular weight is 293 g/mol. The molecule has 0 aliphatic heterocycles. The van der Waals surface area contributed by atoms with Crippen molar-refractivity contribution in [3.8, 4) is 0 Å². The Kier molecular flexibility index (Phi) is 6.94. The third kappa shape index (κ3) is 6.07. The molecule has 0 aromatic heterocycles. The molecule has 1 rings (SSSR count). The second-order valence-corrected chi connectivity index (χ2v) is 4.27. The van der Waals surface area contributed by atoms with Crippen molar-refractivity contribution in [3.63, 3.8) is 0 Å². The molecule has 1 aromatic carbocycles. The molecule has 0 radical (unpaired) electrons. The maximum absolute atomic E-state index is 11.6. The number of amides is 1. The third-order valence-corrected chi connectivity index (χ3v) is 2.73. The summed E-state index contributed by atoms with van der Waals surface area (Å²) in [5, 5.41) is 2.70. The van der Waals surface area contributed by atoms with E-state index in [2.05, 4.69) is 10.1 Å². The molecule has 0 bridgehead atoms. The Morgan fingerprint density at radius 1 is 1.10 bits per heavy atom. The summed E-state index contributed by atoms with van der Waals surface area (Å²) >= 11 is 0. The van der Waals surface area contributed by atoms with E-state index in [-0.39, 0.29) is 24.7 Å². The first-order valence-electron chi connectivity index (χ1n) is 6.66. The molecule has 6 heteroatoms. The Balaban J connectivity index is 2.36. The highest BCUT2D eigenvalue weighted by molar-refractivity contribution is 5.89. The lowest BCUT2D eigenvalue weighted by molar-refractivity contribution is -0.144. The van der Waals surface area contributed by atoms with Crippen LogP contribution in [-0.4, -0.2) is 31.6 Å². The molecule has 114 valence electrons. The van der Waals surface area contributed by atoms with E-state index in [4.69, 9.17) is 4.74 Å². The van der Waals surface area contributed by atoms with Gasteiger partial charge in [0.2, 0.25) is 5.91 Å². The van der Waals surface area contributed by atoms with Crippen LogP contribution in [0.1, 0.15) is 35.7 Å². The van der Waals surface area contributed by atoms with Gasteiger partial charge in [0.25, 0.3) is 0 Å². The number of hydrogen-bond donors (Lipinski definition) is 1. The summed E-state index contributed by atoms with van der Waals surface area (Å²) in [5.74, 6) is -1.00. The fourth-order valence-corrected chi connectivity index (χ4v) is 1.61. The summed E-state index contributed by atoms with van der Waals surface area (Å²) in [4.78, 5) is 33.9. The highest BCUT2D eigenvalue weighted by Gasteiger charge is 2.08. The quantitative estimate of drug-likeness (QED) is 0.769. The van der Waals surface area contributed by atoms with Crippen molar-refractivity contribution in [1.29, 1.82) is 0 Å². The molecule has 0 spiro atoms. The first kappa shape index (κ1) is 16.7. The molecule has 0 fully saturated rings. The highest BCUT2D eigenvalue weighted by Crippen LogP contribution is 2.05. The molecule has 0 unspecified atom stereocenters. The van der Waals surface area contributed by atoms with Gasteiger partial charge >= 0.3 is 11.9 Å². The maximum atomic E-state index is 11.6. The molecule has 1 amide bonds. The molecule has 0 saturated heterocycles. The first-order valence-corrected chi connectivity index (χ1v) is 6.66. The molecular formula is C15H19NO5. The lowest BCUT2D eigenvalue weighted by Gasteiger charge is -2.06. The molecule has 0 atom stereocenters. The third-order valence-electron chi connectivity index (χ3n) is 2.73. The van der Waals surface area contributed by atoms with Crippen LogP contribution in [0.5, 0.6) is 0 Å². The second kappa shape index (κ2) is 8.73. The molecule has 0 aliphatic rings. The van der Waals surface area contributed by atoms with Crippen molar-refractivity contribution < 1.29 is 23.9 Å². The molecule has 0 aliphatic carbocycles. The average Bonchev–Trinajstić information content (AvgIpc) is 2.51. The summed E-state index contributed by atoms with van der Waals surface area (Å²) in [5.41, 5.74) is 1.31. The van der Waals surface area contributed by atoms with Crippen LogP contribution in [0.15, 0.2) is 24.3 Å². The van der Waals surface area contributed by atoms with Gasteiger partial charge in [0.05, 0.1) is 25.7 Å². The smallest absolute Gasteiger partial charge is 0.337 e. The van der Waals surface area contributed by atoms with E-state index in [0.29, 0.717) is 18.7 Å². The topological polar surface area (TPSA) is 81.7 Å². The predicted molar refractivity (Wildman–Crippen MR) is 75.5 cm³/mol. The van der Waals surface area contributed by atoms with Crippen molar-refractivity contribution in [3.05, 3.63) is 35.4 Å². The molecule has 0 heterocycles. The number of benzene rings is 1. The first-order chi connectivity index (χ1) is 10.1. The standard InChI is InChI=1S/C15H19NO5/c1-3-21-14(18)9-8-13(17)16-10-11-4-6-12(7-5-11)15(19)20-2/h4-7H,3,8-10H2,1-2H3,(H,16,17). The van der Waals surface area contributed by atoms with Gasteiger partial charge in [-0.1, -0.05) is 12.1 Å². The van der Waals surface area contributed by atoms with Gasteiger partial charge < -0.3 is 14.8 Å². The predicted octanol–water partition coefficient (Wildman–Crippen LogP) is 1.43. The minimum atomic E-state index is -0.403. The Morgan fingerprint density at radius 3 is 2.33 bits per heavy atom. The van der Waals surface area contributed by atoms with Crippen LogP contribution in [0.3, 0.4) is 0 Å². The number of nitrogens with one attached hydrogen (secondary N) is 1. The number of ether oxygens (including phenoxy) is 2. The molecule has 21 heavy (non-hydrogen) atoms. The zero-order valence-electron chi connectivity index (χ0n) is 12.2. The summed E-state index contributed by atoms with van der Waals surface area (Å²) < 4.78 is 9.33. The normalized spacial score (nSPS) is 9.81. The Morgan fingerprint density at radius 2 is 1.76 bits per heavy atom. The van der Waals surface area contributed by atoms with E-state index in [1.165, 1.54) is 7.11 Å². The van der Waals surface area contributed by atoms with Gasteiger partial charge in [-0.25, -0.2) is 4.79 Å². The van der Waals surface area contributed by atoms with Crippen LogP contribution in [-0.2, 0) is 25.6 Å². The van der Waals surface area contributed by atoms with Crippen LogP contribution in [0.25, 0.3) is 0 Å². The number of hydrogen-bond acceptors (Lipinski definition) is 5. The number of esters is 2. The fraction of sp³-hybridized carbons (Fsp3) is 0.400. The minimum absolute atomic E-state index is 0.0704. The number of carbonyl (C=O) groups is 3. The summed E-state index contributed by atoms with van der Waals surface area (Å²) in [6.07, 6.45) is 0.167. The zero-order valence-corrected chi connectivity index (χ0v) is 12.2. The Hall–Kier alpha value is -2.37. The van der Waals surface area contributed by atoms with Crippen LogP contribution in [0.2, 0.25) is 0 Å². The summed E-state index contributed by atoms with van der Waals surface area (Å²) in [7, 11) is 1.32. The lowest BCUT2D eigenvalue weighted by Crippen LogP contribution is -2.23. The number of methoxy groups -OCH3 is 1. The Bertz CT molecular complexity index is 495. The van der Waals surface area contributed by atoms with E-state index < -0.39 is 5.97 Å². The molecular weight excluding hydrogens is 274 g/mol. The van der Waals surface area contributed by atoms with Crippen molar-refractivity contribution in [2.24, 2.45) is 0 Å². The van der Waals surface area contributed by atoms with Gasteiger partial charge in [0.1, 0.15) is 0 Å². The van der Waals surface area contributed by atoms with E-state index in [1.54, 1.807) is 31.2 Å². The highest BCUT2D eigenvalue weighted by atomic mass is 16.5. The van der Waals surface area contributed by atoms with Crippen LogP contribution in [0, 0.1) is 0 Å². The van der Waals surface area contributed by atoms with Gasteiger partial charge in [0.15, 0.2) is 0 Å². The Labute approximate surface area is 123 Å². The number of rotatable bonds is 7. The molecule has 1 N–H and O–H groups in total. The van der Waals surface area contributed by atoms with Crippen molar-refractivity contribution in [1.82, 2.24) is 5.32 Å². The van der Waals surface area contributed by atoms with E-state index >= 15 is 0 Å². The minimum Gasteiger partial charge on any atom is -0.466 e. The van der Waals surface area contributed by atoms with Crippen molar-refractivity contribution >= 4 is 17.8 Å². The van der Waals surface area contributed by atoms with Crippen LogP contribution in [0.4, 0.5) is 0 Å². The van der Waals surface area contributed by atoms with Gasteiger partial charge in [-0.15, -0.1) is 0 Å². The number of carbonyl (C=O) groups excluding carboxylic acids is 3. The van der Waals surface area contributed by atoms with Gasteiger partial charge in [0, 0.05) is 13.0 Å². The SMILES string of the molecule is CCOC(=O)CCC(=O)NCc1ccc(C(=O)OC)cc1. The fourth-order valence-electron chi connectivity index (χ4n) is 1.61. The second-order valence-electron chi connectivity index (χ2n) is 4.27.